The molecule has 1 aliphatic carbocycles. The lowest BCUT2D eigenvalue weighted by Crippen LogP contribution is -2.34. The summed E-state index contributed by atoms with van der Waals surface area (Å²) in [6.07, 6.45) is 5.45. The normalized spacial score (nSPS) is 19.6. The maximum absolute atomic E-state index is 13.0. The van der Waals surface area contributed by atoms with Gasteiger partial charge in [0.25, 0.3) is 0 Å². The van der Waals surface area contributed by atoms with E-state index in [2.05, 4.69) is 18.8 Å². The first-order valence-corrected chi connectivity index (χ1v) is 11.4. The molecule has 0 amide bonds. The zero-order valence-electron chi connectivity index (χ0n) is 15.4. The molecule has 0 spiro atoms. The zero-order chi connectivity index (χ0) is 18.9. The van der Waals surface area contributed by atoms with Crippen molar-refractivity contribution in [3.63, 3.8) is 0 Å². The number of hydrogen-bond acceptors (Lipinski definition) is 6. The first-order chi connectivity index (χ1) is 12.2. The minimum Gasteiger partial charge on any atom is -0.462 e. The summed E-state index contributed by atoms with van der Waals surface area (Å²) < 4.78 is 23.9. The second-order valence-corrected chi connectivity index (χ2v) is 10.3. The maximum Gasteiger partial charge on any atom is 0.365 e. The van der Waals surface area contributed by atoms with Crippen LogP contribution < -0.4 is 5.30 Å². The Morgan fingerprint density at radius 2 is 2.08 bits per heavy atom. The molecule has 1 fully saturated rings. The minimum atomic E-state index is -4.26. The van der Waals surface area contributed by atoms with Gasteiger partial charge in [0.1, 0.15) is 11.0 Å². The maximum atomic E-state index is 13.0. The van der Waals surface area contributed by atoms with E-state index in [9.17, 15) is 14.6 Å². The molecule has 6 nitrogen and oxygen atoms in total. The van der Waals surface area contributed by atoms with Crippen LogP contribution in [0.15, 0.2) is 16.7 Å². The van der Waals surface area contributed by atoms with Gasteiger partial charge in [0.05, 0.1) is 11.3 Å². The Labute approximate surface area is 157 Å². The van der Waals surface area contributed by atoms with Crippen LogP contribution in [-0.4, -0.2) is 20.8 Å². The second-order valence-electron chi connectivity index (χ2n) is 7.36. The summed E-state index contributed by atoms with van der Waals surface area (Å²) in [6, 6.07) is 1.44. The quantitative estimate of drug-likeness (QED) is 0.553. The van der Waals surface area contributed by atoms with Gasteiger partial charge in [-0.2, -0.15) is 0 Å². The molecule has 2 heterocycles. The van der Waals surface area contributed by atoms with E-state index in [0.717, 1.165) is 35.6 Å². The number of nitrogens with zero attached hydrogens (tertiary/aromatic N) is 1. The molecule has 144 valence electrons. The Morgan fingerprint density at radius 1 is 1.38 bits per heavy atom. The van der Waals surface area contributed by atoms with Crippen LogP contribution in [0.2, 0.25) is 0 Å². The predicted molar refractivity (Wildman–Crippen MR) is 102 cm³/mol. The fraction of sp³-hybridized carbons (Fsp3) is 0.611. The number of aliphatic hydroxyl groups is 1. The van der Waals surface area contributed by atoms with Gasteiger partial charge in [-0.05, 0) is 38.2 Å². The number of rotatable bonds is 6. The third-order valence-corrected chi connectivity index (χ3v) is 7.03. The Morgan fingerprint density at radius 3 is 2.73 bits per heavy atom. The molecule has 8 heteroatoms. The fourth-order valence-corrected chi connectivity index (χ4v) is 5.88. The van der Waals surface area contributed by atoms with Gasteiger partial charge in [-0.1, -0.05) is 20.3 Å². The number of furan rings is 1. The summed E-state index contributed by atoms with van der Waals surface area (Å²) in [4.78, 5) is 16.1. The van der Waals surface area contributed by atoms with Crippen LogP contribution in [0.1, 0.15) is 55.8 Å². The summed E-state index contributed by atoms with van der Waals surface area (Å²) in [5.41, 5.74) is 0.592. The number of hydrogen-bond donors (Lipinski definition) is 2. The van der Waals surface area contributed by atoms with Crippen molar-refractivity contribution in [2.75, 3.05) is 0 Å². The highest BCUT2D eigenvalue weighted by atomic mass is 32.1. The third kappa shape index (κ3) is 4.29. The fourth-order valence-electron chi connectivity index (χ4n) is 3.33. The van der Waals surface area contributed by atoms with Crippen molar-refractivity contribution in [2.24, 2.45) is 5.92 Å². The van der Waals surface area contributed by atoms with Crippen molar-refractivity contribution in [1.29, 1.82) is 0 Å². The molecule has 2 aromatic heterocycles. The minimum absolute atomic E-state index is 0.0619. The molecule has 0 radical (unpaired) electrons. The number of aromatic nitrogens is 1. The predicted octanol–water partition coefficient (Wildman–Crippen LogP) is 4.39. The number of thiazole rings is 1. The van der Waals surface area contributed by atoms with Crippen LogP contribution in [-0.2, 0) is 15.5 Å². The first-order valence-electron chi connectivity index (χ1n) is 9.01. The summed E-state index contributed by atoms with van der Waals surface area (Å²) in [7, 11) is -4.26. The molecule has 3 rings (SSSR count). The molecule has 2 aromatic rings. The van der Waals surface area contributed by atoms with Gasteiger partial charge in [0, 0.05) is 17.7 Å². The topological polar surface area (TPSA) is 92.8 Å². The van der Waals surface area contributed by atoms with Crippen molar-refractivity contribution in [2.45, 2.75) is 65.1 Å². The van der Waals surface area contributed by atoms with Gasteiger partial charge < -0.3 is 14.4 Å². The largest absolute Gasteiger partial charge is 0.462 e. The van der Waals surface area contributed by atoms with E-state index in [4.69, 9.17) is 8.94 Å². The monoisotopic (exact) mass is 399 g/mol. The van der Waals surface area contributed by atoms with Crippen LogP contribution >= 0.6 is 18.9 Å². The van der Waals surface area contributed by atoms with Crippen molar-refractivity contribution < 1.29 is 23.5 Å². The Bertz CT molecular complexity index is 806. The van der Waals surface area contributed by atoms with Gasteiger partial charge in [-0.3, -0.25) is 9.09 Å². The van der Waals surface area contributed by atoms with E-state index >= 15 is 0 Å². The molecule has 1 saturated carbocycles. The lowest BCUT2D eigenvalue weighted by Gasteiger charge is -2.33. The van der Waals surface area contributed by atoms with Crippen LogP contribution in [0, 0.1) is 12.8 Å². The second kappa shape index (κ2) is 7.56. The smallest absolute Gasteiger partial charge is 0.365 e. The molecule has 0 aliphatic heterocycles. The van der Waals surface area contributed by atoms with Crippen molar-refractivity contribution in [1.82, 2.24) is 4.98 Å². The van der Waals surface area contributed by atoms with E-state index in [1.54, 1.807) is 11.3 Å². The molecular formula is C18H26NO5PS. The molecule has 1 unspecified atom stereocenters. The first kappa shape index (κ1) is 19.8. The summed E-state index contributed by atoms with van der Waals surface area (Å²) in [5, 5.41) is 11.5. The van der Waals surface area contributed by atoms with Crippen LogP contribution in [0.5, 0.6) is 0 Å². The van der Waals surface area contributed by atoms with E-state index in [1.807, 2.05) is 6.92 Å². The van der Waals surface area contributed by atoms with Gasteiger partial charge in [-0.15, -0.1) is 11.3 Å². The van der Waals surface area contributed by atoms with Gasteiger partial charge >= 0.3 is 7.60 Å². The van der Waals surface area contributed by atoms with E-state index in [1.165, 1.54) is 12.3 Å². The lowest BCUT2D eigenvalue weighted by atomic mass is 9.95. The standard InChI is InChI=1S/C18H26NO5PS/c1-12(2)11-15-16(19-13(3)26-15)17-14(7-10-23-17)25(21,22)24-18(20)8-5-4-6-9-18/h7,10,12,20H,4-6,8-9,11H2,1-3H3,(H,21,22). The molecule has 1 aliphatic rings. The van der Waals surface area contributed by atoms with Gasteiger partial charge in [-0.25, -0.2) is 4.98 Å². The van der Waals surface area contributed by atoms with Gasteiger partial charge in [0.15, 0.2) is 11.5 Å². The molecule has 26 heavy (non-hydrogen) atoms. The highest BCUT2D eigenvalue weighted by molar-refractivity contribution is 7.61. The van der Waals surface area contributed by atoms with Crippen molar-refractivity contribution in [3.05, 3.63) is 22.2 Å². The van der Waals surface area contributed by atoms with Crippen LogP contribution in [0.4, 0.5) is 0 Å². The van der Waals surface area contributed by atoms with E-state index in [-0.39, 0.29) is 11.1 Å². The lowest BCUT2D eigenvalue weighted by molar-refractivity contribution is -0.161. The molecule has 0 saturated heterocycles. The van der Waals surface area contributed by atoms with Gasteiger partial charge in [0.2, 0.25) is 0 Å². The summed E-state index contributed by atoms with van der Waals surface area (Å²) in [6.45, 7) is 6.13. The third-order valence-electron chi connectivity index (χ3n) is 4.49. The number of aryl methyl sites for hydroxylation is 1. The van der Waals surface area contributed by atoms with Crippen molar-refractivity contribution in [3.8, 4) is 11.5 Å². The molecule has 0 aromatic carbocycles. The molecule has 1 atom stereocenters. The molecule has 0 bridgehead atoms. The average Bonchev–Trinajstić information content (AvgIpc) is 3.13. The SMILES string of the molecule is Cc1nc(-c2occc2P(=O)(O)OC2(O)CCCCC2)c(CC(C)C)s1. The highest BCUT2D eigenvalue weighted by Gasteiger charge is 2.41. The van der Waals surface area contributed by atoms with Crippen LogP contribution in [0.25, 0.3) is 11.5 Å². The highest BCUT2D eigenvalue weighted by Crippen LogP contribution is 2.50. The zero-order valence-corrected chi connectivity index (χ0v) is 17.1. The Balaban J connectivity index is 1.94. The van der Waals surface area contributed by atoms with Crippen molar-refractivity contribution >= 4 is 24.2 Å². The Hall–Kier alpha value is -0.980. The van der Waals surface area contributed by atoms with E-state index in [0.29, 0.717) is 24.5 Å². The summed E-state index contributed by atoms with van der Waals surface area (Å²) in [5.74, 6) is -0.877. The molecule has 2 N–H and O–H groups in total. The Kier molecular flexibility index (Phi) is 5.75. The van der Waals surface area contributed by atoms with E-state index < -0.39 is 13.4 Å². The molecular weight excluding hydrogens is 373 g/mol. The average molecular weight is 399 g/mol. The van der Waals surface area contributed by atoms with Crippen LogP contribution in [0.3, 0.4) is 0 Å². The summed E-state index contributed by atoms with van der Waals surface area (Å²) >= 11 is 1.56.